The maximum Gasteiger partial charge on any atom is 0.251 e. The molecule has 1 fully saturated rings. The van der Waals surface area contributed by atoms with E-state index in [1.54, 1.807) is 6.92 Å². The summed E-state index contributed by atoms with van der Waals surface area (Å²) in [6, 6.07) is 5.74. The molecule has 1 aromatic carbocycles. The van der Waals surface area contributed by atoms with E-state index in [4.69, 9.17) is 0 Å². The monoisotopic (exact) mass is 320 g/mol. The predicted molar refractivity (Wildman–Crippen MR) is 87.6 cm³/mol. The van der Waals surface area contributed by atoms with E-state index in [0.717, 1.165) is 25.7 Å². The Morgan fingerprint density at radius 1 is 1.13 bits per heavy atom. The molecule has 1 N–H and O–H groups in total. The second-order valence-electron chi connectivity index (χ2n) is 6.12. The second kappa shape index (κ2) is 8.65. The number of nitrogens with one attached hydrogen (secondary N) is 1. The lowest BCUT2D eigenvalue weighted by Crippen LogP contribution is -2.43. The number of hydrogen-bond acceptors (Lipinski definition) is 2. The summed E-state index contributed by atoms with van der Waals surface area (Å²) in [5, 5.41) is 2.80. The van der Waals surface area contributed by atoms with Crippen LogP contribution in [0.25, 0.3) is 0 Å². The number of carbonyl (C=O) groups is 2. The Morgan fingerprint density at radius 2 is 1.74 bits per heavy atom. The van der Waals surface area contributed by atoms with E-state index in [-0.39, 0.29) is 23.7 Å². The molecule has 2 rings (SSSR count). The number of amides is 2. The minimum absolute atomic E-state index is 0.0629. The molecule has 0 saturated heterocycles. The van der Waals surface area contributed by atoms with Crippen molar-refractivity contribution >= 4 is 11.8 Å². The zero-order chi connectivity index (χ0) is 16.7. The molecule has 0 unspecified atom stereocenters. The van der Waals surface area contributed by atoms with Crippen molar-refractivity contribution in [3.05, 3.63) is 35.6 Å². The van der Waals surface area contributed by atoms with Crippen molar-refractivity contribution in [3.8, 4) is 0 Å². The van der Waals surface area contributed by atoms with Crippen LogP contribution in [0.5, 0.6) is 0 Å². The molecule has 0 spiro atoms. The van der Waals surface area contributed by atoms with Gasteiger partial charge in [0.1, 0.15) is 5.82 Å². The van der Waals surface area contributed by atoms with Gasteiger partial charge in [0.25, 0.3) is 5.91 Å². The van der Waals surface area contributed by atoms with Crippen molar-refractivity contribution in [2.75, 3.05) is 13.1 Å². The first-order valence-corrected chi connectivity index (χ1v) is 8.39. The molecule has 4 nitrogen and oxygen atoms in total. The van der Waals surface area contributed by atoms with Crippen molar-refractivity contribution in [1.82, 2.24) is 10.2 Å². The molecule has 5 heteroatoms. The topological polar surface area (TPSA) is 49.4 Å². The minimum Gasteiger partial charge on any atom is -0.350 e. The summed E-state index contributed by atoms with van der Waals surface area (Å²) >= 11 is 0. The molecular formula is C18H25FN2O2. The van der Waals surface area contributed by atoms with Gasteiger partial charge in [0, 0.05) is 31.6 Å². The summed E-state index contributed by atoms with van der Waals surface area (Å²) in [6.45, 7) is 2.52. The maximum atomic E-state index is 12.9. The standard InChI is InChI=1S/C18H25FN2O2/c1-14(22)21(17-6-4-2-3-5-7-17)13-12-20-18(23)15-8-10-16(19)11-9-15/h8-11,17H,2-7,12-13H2,1H3,(H,20,23). The van der Waals surface area contributed by atoms with E-state index in [1.165, 1.54) is 37.1 Å². The molecule has 1 aromatic rings. The first-order valence-electron chi connectivity index (χ1n) is 8.39. The first kappa shape index (κ1) is 17.4. The van der Waals surface area contributed by atoms with Gasteiger partial charge < -0.3 is 10.2 Å². The molecular weight excluding hydrogens is 295 g/mol. The predicted octanol–water partition coefficient (Wildman–Crippen LogP) is 3.13. The molecule has 126 valence electrons. The van der Waals surface area contributed by atoms with Gasteiger partial charge in [-0.3, -0.25) is 9.59 Å². The van der Waals surface area contributed by atoms with Gasteiger partial charge in [-0.15, -0.1) is 0 Å². The number of carbonyl (C=O) groups excluding carboxylic acids is 2. The van der Waals surface area contributed by atoms with Gasteiger partial charge in [0.15, 0.2) is 0 Å². The van der Waals surface area contributed by atoms with Crippen LogP contribution >= 0.6 is 0 Å². The van der Waals surface area contributed by atoms with E-state index >= 15 is 0 Å². The molecule has 0 atom stereocenters. The van der Waals surface area contributed by atoms with E-state index in [0.29, 0.717) is 18.7 Å². The average molecular weight is 320 g/mol. The van der Waals surface area contributed by atoms with Crippen LogP contribution in [0.1, 0.15) is 55.8 Å². The smallest absolute Gasteiger partial charge is 0.251 e. The van der Waals surface area contributed by atoms with Gasteiger partial charge in [-0.05, 0) is 37.1 Å². The zero-order valence-electron chi connectivity index (χ0n) is 13.7. The molecule has 0 bridgehead atoms. The number of hydrogen-bond donors (Lipinski definition) is 1. The van der Waals surface area contributed by atoms with Crippen molar-refractivity contribution in [2.24, 2.45) is 0 Å². The van der Waals surface area contributed by atoms with Crippen LogP contribution < -0.4 is 5.32 Å². The van der Waals surface area contributed by atoms with Crippen LogP contribution in [-0.4, -0.2) is 35.8 Å². The average Bonchev–Trinajstić information content (AvgIpc) is 2.80. The Balaban J connectivity index is 1.85. The van der Waals surface area contributed by atoms with Crippen LogP contribution in [0.4, 0.5) is 4.39 Å². The van der Waals surface area contributed by atoms with Crippen LogP contribution in [0, 0.1) is 5.82 Å². The van der Waals surface area contributed by atoms with Crippen LogP contribution in [0.15, 0.2) is 24.3 Å². The van der Waals surface area contributed by atoms with Gasteiger partial charge in [-0.1, -0.05) is 25.7 Å². The van der Waals surface area contributed by atoms with Gasteiger partial charge in [-0.25, -0.2) is 4.39 Å². The second-order valence-corrected chi connectivity index (χ2v) is 6.12. The third kappa shape index (κ3) is 5.34. The minimum atomic E-state index is -0.363. The Labute approximate surface area is 137 Å². The first-order chi connectivity index (χ1) is 11.1. The van der Waals surface area contributed by atoms with Crippen molar-refractivity contribution in [1.29, 1.82) is 0 Å². The number of benzene rings is 1. The summed E-state index contributed by atoms with van der Waals surface area (Å²) in [5.74, 6) is -0.542. The van der Waals surface area contributed by atoms with Gasteiger partial charge in [-0.2, -0.15) is 0 Å². The van der Waals surface area contributed by atoms with Gasteiger partial charge in [0.05, 0.1) is 0 Å². The summed E-state index contributed by atoms with van der Waals surface area (Å²) in [7, 11) is 0. The summed E-state index contributed by atoms with van der Waals surface area (Å²) in [6.07, 6.45) is 6.90. The molecule has 0 radical (unpaired) electrons. The van der Waals surface area contributed by atoms with Crippen LogP contribution in [0.3, 0.4) is 0 Å². The molecule has 0 aliphatic heterocycles. The third-order valence-electron chi connectivity index (χ3n) is 4.41. The molecule has 1 aliphatic carbocycles. The van der Waals surface area contributed by atoms with E-state index in [9.17, 15) is 14.0 Å². The molecule has 1 aliphatic rings. The Hall–Kier alpha value is -1.91. The molecule has 0 aromatic heterocycles. The fourth-order valence-electron chi connectivity index (χ4n) is 3.16. The maximum absolute atomic E-state index is 12.9. The van der Waals surface area contributed by atoms with E-state index in [2.05, 4.69) is 5.32 Å². The lowest BCUT2D eigenvalue weighted by atomic mass is 10.1. The highest BCUT2D eigenvalue weighted by atomic mass is 19.1. The zero-order valence-corrected chi connectivity index (χ0v) is 13.7. The highest BCUT2D eigenvalue weighted by molar-refractivity contribution is 5.94. The number of nitrogens with zero attached hydrogens (tertiary/aromatic N) is 1. The summed E-state index contributed by atoms with van der Waals surface area (Å²) < 4.78 is 12.9. The van der Waals surface area contributed by atoms with Crippen LogP contribution in [0.2, 0.25) is 0 Å². The normalized spacial score (nSPS) is 15.7. The highest BCUT2D eigenvalue weighted by Gasteiger charge is 2.22. The highest BCUT2D eigenvalue weighted by Crippen LogP contribution is 2.21. The van der Waals surface area contributed by atoms with E-state index < -0.39 is 0 Å². The Kier molecular flexibility index (Phi) is 6.56. The summed E-state index contributed by atoms with van der Waals surface area (Å²) in [4.78, 5) is 25.8. The van der Waals surface area contributed by atoms with E-state index in [1.807, 2.05) is 4.90 Å². The van der Waals surface area contributed by atoms with Crippen molar-refractivity contribution in [2.45, 2.75) is 51.5 Å². The Morgan fingerprint density at radius 3 is 2.30 bits per heavy atom. The quantitative estimate of drug-likeness (QED) is 0.847. The molecule has 0 heterocycles. The van der Waals surface area contributed by atoms with Gasteiger partial charge >= 0.3 is 0 Å². The molecule has 1 saturated carbocycles. The number of halogens is 1. The van der Waals surface area contributed by atoms with Gasteiger partial charge in [0.2, 0.25) is 5.91 Å². The molecule has 2 amide bonds. The number of rotatable bonds is 5. The summed E-state index contributed by atoms with van der Waals surface area (Å²) in [5.41, 5.74) is 0.426. The fourth-order valence-corrected chi connectivity index (χ4v) is 3.16. The largest absolute Gasteiger partial charge is 0.350 e. The lowest BCUT2D eigenvalue weighted by molar-refractivity contribution is -0.131. The fraction of sp³-hybridized carbons (Fsp3) is 0.556. The van der Waals surface area contributed by atoms with Crippen molar-refractivity contribution in [3.63, 3.8) is 0 Å². The molecule has 23 heavy (non-hydrogen) atoms. The van der Waals surface area contributed by atoms with Crippen LogP contribution in [-0.2, 0) is 4.79 Å². The lowest BCUT2D eigenvalue weighted by Gasteiger charge is -2.30. The van der Waals surface area contributed by atoms with Crippen molar-refractivity contribution < 1.29 is 14.0 Å². The third-order valence-corrected chi connectivity index (χ3v) is 4.41. The Bertz CT molecular complexity index is 522. The SMILES string of the molecule is CC(=O)N(CCNC(=O)c1ccc(F)cc1)C1CCCCCC1.